The van der Waals surface area contributed by atoms with Gasteiger partial charge < -0.3 is 5.32 Å². The molecule has 1 saturated heterocycles. The standard InChI is InChI=1S/C12H16ClN/c1-12(2)8-14-7-11(12)9-4-3-5-10(13)6-9/h3-6,11,14H,7-8H2,1-2H3/t11-/m1/s1. The molecular formula is C12H16ClN. The van der Waals surface area contributed by atoms with Crippen molar-refractivity contribution in [3.63, 3.8) is 0 Å². The summed E-state index contributed by atoms with van der Waals surface area (Å²) in [4.78, 5) is 0. The van der Waals surface area contributed by atoms with Crippen LogP contribution < -0.4 is 5.32 Å². The third-order valence-corrected chi connectivity index (χ3v) is 3.36. The molecule has 1 aromatic carbocycles. The number of benzene rings is 1. The van der Waals surface area contributed by atoms with Gasteiger partial charge in [-0.1, -0.05) is 37.6 Å². The summed E-state index contributed by atoms with van der Waals surface area (Å²) in [6.07, 6.45) is 0. The molecule has 1 N–H and O–H groups in total. The smallest absolute Gasteiger partial charge is 0.0408 e. The molecule has 0 radical (unpaired) electrons. The summed E-state index contributed by atoms with van der Waals surface area (Å²) >= 11 is 6.00. The summed E-state index contributed by atoms with van der Waals surface area (Å²) < 4.78 is 0. The van der Waals surface area contributed by atoms with Gasteiger partial charge in [0.25, 0.3) is 0 Å². The molecule has 1 aliphatic heterocycles. The van der Waals surface area contributed by atoms with Crippen LogP contribution in [-0.4, -0.2) is 13.1 Å². The van der Waals surface area contributed by atoms with Gasteiger partial charge in [0.15, 0.2) is 0 Å². The highest BCUT2D eigenvalue weighted by Crippen LogP contribution is 2.38. The fourth-order valence-electron chi connectivity index (χ4n) is 2.23. The first-order valence-corrected chi connectivity index (χ1v) is 5.43. The lowest BCUT2D eigenvalue weighted by molar-refractivity contribution is 0.363. The van der Waals surface area contributed by atoms with E-state index in [0.717, 1.165) is 18.1 Å². The van der Waals surface area contributed by atoms with Crippen molar-refractivity contribution in [3.05, 3.63) is 34.9 Å². The fourth-order valence-corrected chi connectivity index (χ4v) is 2.43. The zero-order chi connectivity index (χ0) is 10.2. The third kappa shape index (κ3) is 1.79. The van der Waals surface area contributed by atoms with Gasteiger partial charge in [-0.05, 0) is 23.1 Å². The molecule has 1 fully saturated rings. The van der Waals surface area contributed by atoms with Gasteiger partial charge in [-0.3, -0.25) is 0 Å². The van der Waals surface area contributed by atoms with Gasteiger partial charge >= 0.3 is 0 Å². The molecule has 14 heavy (non-hydrogen) atoms. The number of rotatable bonds is 1. The molecule has 0 aromatic heterocycles. The van der Waals surface area contributed by atoms with Crippen molar-refractivity contribution in [2.75, 3.05) is 13.1 Å². The lowest BCUT2D eigenvalue weighted by Crippen LogP contribution is -2.20. The minimum atomic E-state index is 0.338. The normalized spacial score (nSPS) is 25.2. The second-order valence-electron chi connectivity index (χ2n) is 4.73. The number of nitrogens with one attached hydrogen (secondary N) is 1. The maximum Gasteiger partial charge on any atom is 0.0408 e. The predicted molar refractivity (Wildman–Crippen MR) is 60.8 cm³/mol. The highest BCUT2D eigenvalue weighted by atomic mass is 35.5. The van der Waals surface area contributed by atoms with Crippen LogP contribution in [0.2, 0.25) is 5.02 Å². The largest absolute Gasteiger partial charge is 0.316 e. The third-order valence-electron chi connectivity index (χ3n) is 3.12. The number of halogens is 1. The van der Waals surface area contributed by atoms with E-state index in [-0.39, 0.29) is 0 Å². The topological polar surface area (TPSA) is 12.0 Å². The Balaban J connectivity index is 2.31. The van der Waals surface area contributed by atoms with Crippen molar-refractivity contribution in [2.24, 2.45) is 5.41 Å². The maximum absolute atomic E-state index is 6.00. The number of hydrogen-bond donors (Lipinski definition) is 1. The van der Waals surface area contributed by atoms with Crippen LogP contribution in [0.4, 0.5) is 0 Å². The predicted octanol–water partition coefficient (Wildman–Crippen LogP) is 3.05. The Bertz CT molecular complexity index is 333. The van der Waals surface area contributed by atoms with Crippen molar-refractivity contribution < 1.29 is 0 Å². The van der Waals surface area contributed by atoms with Gasteiger partial charge in [0, 0.05) is 24.0 Å². The summed E-state index contributed by atoms with van der Waals surface area (Å²) in [5, 5.41) is 4.28. The van der Waals surface area contributed by atoms with E-state index in [1.165, 1.54) is 5.56 Å². The first-order chi connectivity index (χ1) is 6.59. The average molecular weight is 210 g/mol. The van der Waals surface area contributed by atoms with E-state index in [2.05, 4.69) is 31.3 Å². The van der Waals surface area contributed by atoms with Gasteiger partial charge in [0.05, 0.1) is 0 Å². The highest BCUT2D eigenvalue weighted by Gasteiger charge is 2.35. The van der Waals surface area contributed by atoms with E-state index in [1.807, 2.05) is 12.1 Å². The molecule has 0 saturated carbocycles. The molecule has 1 aromatic rings. The quantitative estimate of drug-likeness (QED) is 0.750. The zero-order valence-electron chi connectivity index (χ0n) is 8.68. The van der Waals surface area contributed by atoms with Crippen LogP contribution in [-0.2, 0) is 0 Å². The molecule has 2 heteroatoms. The molecular weight excluding hydrogens is 194 g/mol. The molecule has 0 amide bonds. The van der Waals surface area contributed by atoms with Crippen LogP contribution >= 0.6 is 11.6 Å². The number of hydrogen-bond acceptors (Lipinski definition) is 1. The Morgan fingerprint density at radius 3 is 2.79 bits per heavy atom. The summed E-state index contributed by atoms with van der Waals surface area (Å²) in [6.45, 7) is 6.76. The molecule has 0 aliphatic carbocycles. The molecule has 1 nitrogen and oxygen atoms in total. The average Bonchev–Trinajstić information content (AvgIpc) is 2.45. The van der Waals surface area contributed by atoms with Gasteiger partial charge in [-0.25, -0.2) is 0 Å². The lowest BCUT2D eigenvalue weighted by Gasteiger charge is -2.26. The zero-order valence-corrected chi connectivity index (χ0v) is 9.43. The van der Waals surface area contributed by atoms with Crippen molar-refractivity contribution in [3.8, 4) is 0 Å². The van der Waals surface area contributed by atoms with Crippen molar-refractivity contribution in [1.82, 2.24) is 5.32 Å². The van der Waals surface area contributed by atoms with E-state index < -0.39 is 0 Å². The fraction of sp³-hybridized carbons (Fsp3) is 0.500. The van der Waals surface area contributed by atoms with Crippen LogP contribution in [0.1, 0.15) is 25.3 Å². The molecule has 0 unspecified atom stereocenters. The molecule has 1 aliphatic rings. The van der Waals surface area contributed by atoms with Crippen LogP contribution in [0.15, 0.2) is 24.3 Å². The van der Waals surface area contributed by atoms with Gasteiger partial charge in [0.1, 0.15) is 0 Å². The van der Waals surface area contributed by atoms with Crippen LogP contribution in [0.25, 0.3) is 0 Å². The summed E-state index contributed by atoms with van der Waals surface area (Å²) in [7, 11) is 0. The van der Waals surface area contributed by atoms with E-state index in [9.17, 15) is 0 Å². The second-order valence-corrected chi connectivity index (χ2v) is 5.16. The molecule has 2 rings (SSSR count). The van der Waals surface area contributed by atoms with E-state index in [1.54, 1.807) is 0 Å². The summed E-state index contributed by atoms with van der Waals surface area (Å²) in [5.41, 5.74) is 1.69. The Morgan fingerprint density at radius 1 is 1.43 bits per heavy atom. The van der Waals surface area contributed by atoms with Crippen molar-refractivity contribution >= 4 is 11.6 Å². The molecule has 1 atom stereocenters. The summed E-state index contributed by atoms with van der Waals surface area (Å²) in [5.74, 6) is 0.584. The Kier molecular flexibility index (Phi) is 2.54. The summed E-state index contributed by atoms with van der Waals surface area (Å²) in [6, 6.07) is 8.22. The monoisotopic (exact) mass is 209 g/mol. The minimum Gasteiger partial charge on any atom is -0.316 e. The van der Waals surface area contributed by atoms with E-state index in [4.69, 9.17) is 11.6 Å². The SMILES string of the molecule is CC1(C)CNC[C@@H]1c1cccc(Cl)c1. The van der Waals surface area contributed by atoms with E-state index in [0.29, 0.717) is 11.3 Å². The molecule has 76 valence electrons. The van der Waals surface area contributed by atoms with Crippen LogP contribution in [0, 0.1) is 5.41 Å². The minimum absolute atomic E-state index is 0.338. The second kappa shape index (κ2) is 3.56. The maximum atomic E-state index is 6.00. The van der Waals surface area contributed by atoms with Gasteiger partial charge in [-0.15, -0.1) is 0 Å². The Morgan fingerprint density at radius 2 is 2.21 bits per heavy atom. The van der Waals surface area contributed by atoms with Gasteiger partial charge in [-0.2, -0.15) is 0 Å². The Labute approximate surface area is 90.5 Å². The first-order valence-electron chi connectivity index (χ1n) is 5.06. The van der Waals surface area contributed by atoms with Crippen LogP contribution in [0.5, 0.6) is 0 Å². The van der Waals surface area contributed by atoms with Crippen molar-refractivity contribution in [2.45, 2.75) is 19.8 Å². The highest BCUT2D eigenvalue weighted by molar-refractivity contribution is 6.30. The lowest BCUT2D eigenvalue weighted by atomic mass is 9.78. The Hall–Kier alpha value is -0.530. The first kappa shape index (κ1) is 10.0. The van der Waals surface area contributed by atoms with Crippen LogP contribution in [0.3, 0.4) is 0 Å². The van der Waals surface area contributed by atoms with Crippen molar-refractivity contribution in [1.29, 1.82) is 0 Å². The van der Waals surface area contributed by atoms with E-state index >= 15 is 0 Å². The molecule has 0 bridgehead atoms. The molecule has 0 spiro atoms. The molecule has 1 heterocycles. The van der Waals surface area contributed by atoms with Gasteiger partial charge in [0.2, 0.25) is 0 Å².